The van der Waals surface area contributed by atoms with E-state index in [1.54, 1.807) is 0 Å². The number of hydrogen-bond acceptors (Lipinski definition) is 2. The number of Topliss-reactive ketones (excluding diaryl/α,β-unsaturated/α-hetero) is 1. The van der Waals surface area contributed by atoms with E-state index in [-0.39, 0.29) is 0 Å². The van der Waals surface area contributed by atoms with Crippen molar-refractivity contribution in [3.05, 3.63) is 47.2 Å². The van der Waals surface area contributed by atoms with Gasteiger partial charge in [0.1, 0.15) is 0 Å². The van der Waals surface area contributed by atoms with E-state index in [9.17, 15) is 4.79 Å². The third-order valence-electron chi connectivity index (χ3n) is 5.12. The third kappa shape index (κ3) is 2.17. The first-order valence-corrected chi connectivity index (χ1v) is 7.53. The maximum Gasteiger partial charge on any atom is 0.161 e. The summed E-state index contributed by atoms with van der Waals surface area (Å²) in [5, 5.41) is 3.46. The van der Waals surface area contributed by atoms with Crippen molar-refractivity contribution in [2.24, 2.45) is 17.3 Å². The summed E-state index contributed by atoms with van der Waals surface area (Å²) in [6, 6.07) is 10.5. The van der Waals surface area contributed by atoms with Crippen LogP contribution in [0.25, 0.3) is 0 Å². The van der Waals surface area contributed by atoms with Gasteiger partial charge in [-0.3, -0.25) is 4.79 Å². The van der Waals surface area contributed by atoms with Crippen LogP contribution in [0.15, 0.2) is 41.6 Å². The average molecular weight is 269 g/mol. The van der Waals surface area contributed by atoms with Gasteiger partial charge in [-0.05, 0) is 36.2 Å². The van der Waals surface area contributed by atoms with E-state index >= 15 is 0 Å². The van der Waals surface area contributed by atoms with Crippen molar-refractivity contribution in [3.8, 4) is 0 Å². The molecule has 0 radical (unpaired) electrons. The number of carbonyl (C=O) groups is 1. The van der Waals surface area contributed by atoms with Gasteiger partial charge in [-0.15, -0.1) is 0 Å². The van der Waals surface area contributed by atoms with Crippen molar-refractivity contribution < 1.29 is 4.79 Å². The van der Waals surface area contributed by atoms with E-state index in [0.717, 1.165) is 30.7 Å². The van der Waals surface area contributed by atoms with Gasteiger partial charge >= 0.3 is 0 Å². The van der Waals surface area contributed by atoms with Crippen LogP contribution >= 0.6 is 0 Å². The Labute approximate surface area is 121 Å². The second kappa shape index (κ2) is 4.76. The quantitative estimate of drug-likeness (QED) is 0.849. The molecular formula is C18H23NO. The topological polar surface area (TPSA) is 29.1 Å². The molecular weight excluding hydrogens is 246 g/mol. The van der Waals surface area contributed by atoms with Crippen LogP contribution in [-0.4, -0.2) is 12.3 Å². The molecule has 0 heterocycles. The lowest BCUT2D eigenvalue weighted by Gasteiger charge is -2.14. The van der Waals surface area contributed by atoms with Crippen molar-refractivity contribution in [2.75, 3.05) is 6.54 Å². The highest BCUT2D eigenvalue weighted by molar-refractivity contribution is 6.01. The molecule has 2 saturated carbocycles. The number of carbonyl (C=O) groups excluding carboxylic acids is 1. The highest BCUT2D eigenvalue weighted by Gasteiger charge is 2.65. The molecule has 2 aliphatic rings. The lowest BCUT2D eigenvalue weighted by atomic mass is 9.95. The zero-order valence-corrected chi connectivity index (χ0v) is 12.6. The predicted molar refractivity (Wildman–Crippen MR) is 81.2 cm³/mol. The summed E-state index contributed by atoms with van der Waals surface area (Å²) < 4.78 is 0. The molecule has 3 rings (SSSR count). The smallest absolute Gasteiger partial charge is 0.161 e. The summed E-state index contributed by atoms with van der Waals surface area (Å²) >= 11 is 0. The van der Waals surface area contributed by atoms with E-state index in [1.807, 2.05) is 6.07 Å². The Bertz CT molecular complexity index is 556. The zero-order chi connectivity index (χ0) is 14.3. The largest absolute Gasteiger partial charge is 0.388 e. The van der Waals surface area contributed by atoms with Gasteiger partial charge < -0.3 is 5.32 Å². The van der Waals surface area contributed by atoms with Gasteiger partial charge in [-0.2, -0.15) is 0 Å². The molecule has 2 fully saturated rings. The summed E-state index contributed by atoms with van der Waals surface area (Å²) in [6.07, 6.45) is 1.75. The van der Waals surface area contributed by atoms with Crippen molar-refractivity contribution >= 4 is 5.78 Å². The molecule has 106 valence electrons. The van der Waals surface area contributed by atoms with Crippen LogP contribution in [0.1, 0.15) is 32.8 Å². The lowest BCUT2D eigenvalue weighted by molar-refractivity contribution is -0.115. The molecule has 0 spiro atoms. The Morgan fingerprint density at radius 3 is 2.65 bits per heavy atom. The van der Waals surface area contributed by atoms with E-state index in [4.69, 9.17) is 0 Å². The molecule has 2 atom stereocenters. The molecule has 2 heteroatoms. The molecule has 0 unspecified atom stereocenters. The number of hydrogen-bond donors (Lipinski definition) is 1. The third-order valence-corrected chi connectivity index (χ3v) is 5.12. The minimum atomic E-state index is 0.339. The molecule has 0 bridgehead atoms. The van der Waals surface area contributed by atoms with Gasteiger partial charge in [-0.1, -0.05) is 44.2 Å². The Morgan fingerprint density at radius 1 is 1.30 bits per heavy atom. The first-order chi connectivity index (χ1) is 9.51. The van der Waals surface area contributed by atoms with Crippen LogP contribution in [0.2, 0.25) is 0 Å². The highest BCUT2D eigenvalue weighted by Crippen LogP contribution is 2.68. The molecule has 1 aromatic carbocycles. The number of rotatable bonds is 4. The van der Waals surface area contributed by atoms with E-state index in [2.05, 4.69) is 50.4 Å². The van der Waals surface area contributed by atoms with Crippen molar-refractivity contribution in [1.82, 2.24) is 5.32 Å². The SMILES string of the molecule is CC(NCCc1ccccc1)=C1C(=O)C[C@@H]2[C@H]1C2(C)C. The minimum absolute atomic E-state index is 0.339. The summed E-state index contributed by atoms with van der Waals surface area (Å²) in [4.78, 5) is 12.1. The molecule has 20 heavy (non-hydrogen) atoms. The monoisotopic (exact) mass is 269 g/mol. The van der Waals surface area contributed by atoms with Crippen LogP contribution in [0.3, 0.4) is 0 Å². The molecule has 0 aliphatic heterocycles. The van der Waals surface area contributed by atoms with Gasteiger partial charge in [0.15, 0.2) is 5.78 Å². The fraction of sp³-hybridized carbons (Fsp3) is 0.500. The lowest BCUT2D eigenvalue weighted by Crippen LogP contribution is -2.20. The van der Waals surface area contributed by atoms with Gasteiger partial charge in [0.25, 0.3) is 0 Å². The Balaban J connectivity index is 1.63. The normalized spacial score (nSPS) is 29.1. The van der Waals surface area contributed by atoms with Crippen molar-refractivity contribution in [2.45, 2.75) is 33.6 Å². The molecule has 0 saturated heterocycles. The van der Waals surface area contributed by atoms with Crippen LogP contribution in [0.5, 0.6) is 0 Å². The van der Waals surface area contributed by atoms with Crippen LogP contribution in [0.4, 0.5) is 0 Å². The van der Waals surface area contributed by atoms with E-state index in [0.29, 0.717) is 23.0 Å². The Morgan fingerprint density at radius 2 is 2.00 bits per heavy atom. The highest BCUT2D eigenvalue weighted by atomic mass is 16.1. The minimum Gasteiger partial charge on any atom is -0.388 e. The van der Waals surface area contributed by atoms with E-state index < -0.39 is 0 Å². The van der Waals surface area contributed by atoms with Gasteiger partial charge in [-0.25, -0.2) is 0 Å². The summed E-state index contributed by atoms with van der Waals surface area (Å²) in [5.74, 6) is 1.46. The second-order valence-electron chi connectivity index (χ2n) is 6.73. The number of fused-ring (bicyclic) bond motifs is 1. The average Bonchev–Trinajstić information content (AvgIpc) is 2.79. The standard InChI is InChI=1S/C18H23NO/c1-12(19-10-9-13-7-5-4-6-8-13)16-15(20)11-14-17(16)18(14,2)3/h4-8,14,17,19H,9-11H2,1-3H3/t14-,17-/m1/s1. The van der Waals surface area contributed by atoms with Crippen molar-refractivity contribution in [3.63, 3.8) is 0 Å². The van der Waals surface area contributed by atoms with Gasteiger partial charge in [0.05, 0.1) is 0 Å². The molecule has 1 aromatic rings. The molecule has 0 aromatic heterocycles. The molecule has 1 N–H and O–H groups in total. The zero-order valence-electron chi connectivity index (χ0n) is 12.6. The maximum absolute atomic E-state index is 12.1. The number of ketones is 1. The Kier molecular flexibility index (Phi) is 3.19. The molecule has 2 nitrogen and oxygen atoms in total. The summed E-state index contributed by atoms with van der Waals surface area (Å²) in [5.41, 5.74) is 3.85. The Hall–Kier alpha value is -1.57. The predicted octanol–water partition coefficient (Wildman–Crippen LogP) is 3.34. The fourth-order valence-electron chi connectivity index (χ4n) is 3.76. The fourth-order valence-corrected chi connectivity index (χ4v) is 3.76. The van der Waals surface area contributed by atoms with Gasteiger partial charge in [0, 0.05) is 24.2 Å². The van der Waals surface area contributed by atoms with Crippen LogP contribution in [-0.2, 0) is 11.2 Å². The number of nitrogens with one attached hydrogen (secondary N) is 1. The summed E-state index contributed by atoms with van der Waals surface area (Å²) in [7, 11) is 0. The molecule has 2 aliphatic carbocycles. The maximum atomic E-state index is 12.1. The first-order valence-electron chi connectivity index (χ1n) is 7.53. The number of allylic oxidation sites excluding steroid dienone is 2. The van der Waals surface area contributed by atoms with Crippen LogP contribution in [0, 0.1) is 17.3 Å². The van der Waals surface area contributed by atoms with Gasteiger partial charge in [0.2, 0.25) is 0 Å². The van der Waals surface area contributed by atoms with Crippen LogP contribution < -0.4 is 5.32 Å². The molecule has 0 amide bonds. The van der Waals surface area contributed by atoms with Crippen molar-refractivity contribution in [1.29, 1.82) is 0 Å². The van der Waals surface area contributed by atoms with E-state index in [1.165, 1.54) is 5.56 Å². The second-order valence-corrected chi connectivity index (χ2v) is 6.73. The summed E-state index contributed by atoms with van der Waals surface area (Å²) in [6.45, 7) is 7.53. The first kappa shape index (κ1) is 13.4. The number of benzene rings is 1.